The van der Waals surface area contributed by atoms with Gasteiger partial charge in [-0.1, -0.05) is 11.6 Å². The van der Waals surface area contributed by atoms with Gasteiger partial charge in [-0.05, 0) is 19.1 Å². The van der Waals surface area contributed by atoms with Crippen molar-refractivity contribution in [3.8, 4) is 0 Å². The summed E-state index contributed by atoms with van der Waals surface area (Å²) in [7, 11) is 0. The normalized spacial score (nSPS) is 13.6. The Hall–Kier alpha value is -1.38. The molecule has 0 amide bonds. The number of aromatic nitrogens is 2. The molecule has 114 valence electrons. The summed E-state index contributed by atoms with van der Waals surface area (Å²) in [6.07, 6.45) is -5.65. The number of halogens is 3. The average Bonchev–Trinajstić information content (AvgIpc) is 2.43. The lowest BCUT2D eigenvalue weighted by molar-refractivity contribution is -0.145. The third-order valence-corrected chi connectivity index (χ3v) is 3.83. The summed E-state index contributed by atoms with van der Waals surface area (Å²) in [6.45, 7) is 1.36. The fourth-order valence-corrected chi connectivity index (χ4v) is 2.60. The van der Waals surface area contributed by atoms with Gasteiger partial charge in [0.05, 0.1) is 18.2 Å². The highest BCUT2D eigenvalue weighted by Crippen LogP contribution is 2.32. The van der Waals surface area contributed by atoms with Crippen molar-refractivity contribution in [1.29, 1.82) is 0 Å². The highest BCUT2D eigenvalue weighted by atomic mass is 32.2. The molecule has 4 nitrogen and oxygen atoms in total. The van der Waals surface area contributed by atoms with Crippen LogP contribution in [0.15, 0.2) is 23.2 Å². The van der Waals surface area contributed by atoms with Crippen LogP contribution in [0.2, 0.25) is 0 Å². The smallest absolute Gasteiger partial charge is 0.394 e. The molecule has 0 bridgehead atoms. The lowest BCUT2D eigenvalue weighted by Gasteiger charge is -2.12. The zero-order valence-electron chi connectivity index (χ0n) is 11.1. The summed E-state index contributed by atoms with van der Waals surface area (Å²) in [4.78, 5) is 7.09. The van der Waals surface area contributed by atoms with Crippen LogP contribution in [0.4, 0.5) is 13.2 Å². The Morgan fingerprint density at radius 3 is 2.62 bits per heavy atom. The molecule has 2 aromatic rings. The molecule has 1 aromatic carbocycles. The summed E-state index contributed by atoms with van der Waals surface area (Å²) in [6, 6.07) is 4.88. The summed E-state index contributed by atoms with van der Waals surface area (Å²) in [5, 5.41) is 18.8. The first-order chi connectivity index (χ1) is 9.81. The van der Waals surface area contributed by atoms with E-state index in [1.165, 1.54) is 6.07 Å². The van der Waals surface area contributed by atoms with E-state index in [-0.39, 0.29) is 16.3 Å². The second-order valence-corrected chi connectivity index (χ2v) is 5.53. The maximum Gasteiger partial charge on any atom is 0.451 e. The minimum Gasteiger partial charge on any atom is -0.394 e. The minimum atomic E-state index is -4.63. The number of rotatable bonds is 4. The molecule has 2 rings (SSSR count). The van der Waals surface area contributed by atoms with Crippen LogP contribution < -0.4 is 0 Å². The second-order valence-electron chi connectivity index (χ2n) is 4.52. The molecule has 1 heterocycles. The number of fused-ring (bicyclic) bond motifs is 1. The van der Waals surface area contributed by atoms with E-state index in [1.807, 2.05) is 6.92 Å². The van der Waals surface area contributed by atoms with Crippen LogP contribution in [0.3, 0.4) is 0 Å². The fourth-order valence-electron chi connectivity index (χ4n) is 1.68. The molecule has 21 heavy (non-hydrogen) atoms. The number of nitrogens with zero attached hydrogens (tertiary/aromatic N) is 2. The monoisotopic (exact) mass is 318 g/mol. The second kappa shape index (κ2) is 6.17. The van der Waals surface area contributed by atoms with E-state index in [1.54, 1.807) is 12.1 Å². The van der Waals surface area contributed by atoms with E-state index in [0.717, 1.165) is 17.3 Å². The van der Waals surface area contributed by atoms with Crippen LogP contribution in [-0.4, -0.2) is 38.6 Å². The molecule has 0 aliphatic carbocycles. The van der Waals surface area contributed by atoms with Crippen molar-refractivity contribution in [1.82, 2.24) is 9.97 Å². The van der Waals surface area contributed by atoms with Crippen molar-refractivity contribution in [2.75, 3.05) is 12.4 Å². The summed E-state index contributed by atoms with van der Waals surface area (Å²) in [5.74, 6) is -1.16. The lowest BCUT2D eigenvalue weighted by atomic mass is 10.2. The van der Waals surface area contributed by atoms with E-state index < -0.39 is 24.7 Å². The lowest BCUT2D eigenvalue weighted by Crippen LogP contribution is -2.16. The maximum atomic E-state index is 12.8. The van der Waals surface area contributed by atoms with Crippen molar-refractivity contribution in [3.63, 3.8) is 0 Å². The zero-order valence-corrected chi connectivity index (χ0v) is 11.9. The largest absolute Gasteiger partial charge is 0.451 e. The number of hydrogen-bond acceptors (Lipinski definition) is 5. The van der Waals surface area contributed by atoms with Gasteiger partial charge in [-0.15, -0.1) is 11.8 Å². The molecular formula is C13H13F3N2O2S. The number of thioether (sulfide) groups is 1. The van der Waals surface area contributed by atoms with Gasteiger partial charge >= 0.3 is 6.18 Å². The van der Waals surface area contributed by atoms with Gasteiger partial charge < -0.3 is 10.2 Å². The molecule has 0 saturated heterocycles. The predicted molar refractivity (Wildman–Crippen MR) is 73.1 cm³/mol. The summed E-state index contributed by atoms with van der Waals surface area (Å²) < 4.78 is 38.4. The predicted octanol–water partition coefficient (Wildman–Crippen LogP) is 2.40. The topological polar surface area (TPSA) is 66.2 Å². The van der Waals surface area contributed by atoms with Gasteiger partial charge in [0.1, 0.15) is 5.03 Å². The number of hydrogen-bond donors (Lipinski definition) is 2. The number of alkyl halides is 3. The molecule has 0 aliphatic heterocycles. The Balaban J connectivity index is 2.50. The fraction of sp³-hybridized carbons (Fsp3) is 0.385. The standard InChI is InChI=1S/C13H13F3N2O2S/c1-7-2-3-10-9(4-7)11(21-6-8(20)5-19)18-12(17-10)13(14,15)16/h2-4,8,19-20H,5-6H2,1H3. The molecule has 0 aliphatic rings. The SMILES string of the molecule is Cc1ccc2nc(C(F)(F)F)nc(SCC(O)CO)c2c1. The third-order valence-electron chi connectivity index (χ3n) is 2.69. The average molecular weight is 318 g/mol. The van der Waals surface area contributed by atoms with E-state index in [2.05, 4.69) is 9.97 Å². The van der Waals surface area contributed by atoms with Crippen LogP contribution in [-0.2, 0) is 6.18 Å². The molecule has 0 radical (unpaired) electrons. The Morgan fingerprint density at radius 1 is 1.29 bits per heavy atom. The van der Waals surface area contributed by atoms with Gasteiger partial charge in [-0.25, -0.2) is 9.97 Å². The van der Waals surface area contributed by atoms with Gasteiger partial charge in [-0.3, -0.25) is 0 Å². The first kappa shape index (κ1) is 16.0. The van der Waals surface area contributed by atoms with Crippen molar-refractivity contribution in [2.24, 2.45) is 0 Å². The molecular weight excluding hydrogens is 305 g/mol. The van der Waals surface area contributed by atoms with Crippen molar-refractivity contribution in [3.05, 3.63) is 29.6 Å². The van der Waals surface area contributed by atoms with Crippen LogP contribution in [0.5, 0.6) is 0 Å². The number of aliphatic hydroxyl groups excluding tert-OH is 2. The Kier molecular flexibility index (Phi) is 4.70. The van der Waals surface area contributed by atoms with Crippen LogP contribution in [0, 0.1) is 6.92 Å². The van der Waals surface area contributed by atoms with Gasteiger partial charge in [0, 0.05) is 11.1 Å². The van der Waals surface area contributed by atoms with Crippen molar-refractivity contribution >= 4 is 22.7 Å². The molecule has 0 fully saturated rings. The van der Waals surface area contributed by atoms with Crippen LogP contribution >= 0.6 is 11.8 Å². The van der Waals surface area contributed by atoms with Gasteiger partial charge in [-0.2, -0.15) is 13.2 Å². The van der Waals surface area contributed by atoms with Crippen molar-refractivity contribution < 1.29 is 23.4 Å². The summed E-state index contributed by atoms with van der Waals surface area (Å²) in [5.41, 5.74) is 1.07. The Labute approximate surface area is 123 Å². The van der Waals surface area contributed by atoms with E-state index >= 15 is 0 Å². The first-order valence-electron chi connectivity index (χ1n) is 6.08. The number of aryl methyl sites for hydroxylation is 1. The zero-order chi connectivity index (χ0) is 15.6. The Morgan fingerprint density at radius 2 is 2.00 bits per heavy atom. The molecule has 8 heteroatoms. The highest BCUT2D eigenvalue weighted by Gasteiger charge is 2.35. The molecule has 0 saturated carbocycles. The first-order valence-corrected chi connectivity index (χ1v) is 7.07. The van der Waals surface area contributed by atoms with E-state index in [9.17, 15) is 18.3 Å². The van der Waals surface area contributed by atoms with Crippen LogP contribution in [0.1, 0.15) is 11.4 Å². The van der Waals surface area contributed by atoms with Crippen LogP contribution in [0.25, 0.3) is 10.9 Å². The van der Waals surface area contributed by atoms with E-state index in [0.29, 0.717) is 5.39 Å². The number of aliphatic hydroxyl groups is 2. The molecule has 1 aromatic heterocycles. The van der Waals surface area contributed by atoms with Crippen molar-refractivity contribution in [2.45, 2.75) is 24.2 Å². The summed E-state index contributed by atoms with van der Waals surface area (Å²) >= 11 is 0.960. The molecule has 0 spiro atoms. The van der Waals surface area contributed by atoms with E-state index in [4.69, 9.17) is 5.11 Å². The Bertz CT molecular complexity index is 649. The quantitative estimate of drug-likeness (QED) is 0.669. The number of benzene rings is 1. The molecule has 2 N–H and O–H groups in total. The molecule has 1 atom stereocenters. The third kappa shape index (κ3) is 3.84. The maximum absolute atomic E-state index is 12.8. The van der Waals surface area contributed by atoms with Gasteiger partial charge in [0.25, 0.3) is 0 Å². The van der Waals surface area contributed by atoms with Gasteiger partial charge in [0.2, 0.25) is 5.82 Å². The molecule has 1 unspecified atom stereocenters. The van der Waals surface area contributed by atoms with Gasteiger partial charge in [0.15, 0.2) is 0 Å². The highest BCUT2D eigenvalue weighted by molar-refractivity contribution is 7.99. The minimum absolute atomic E-state index is 0.0495.